The Morgan fingerprint density at radius 1 is 0.913 bits per heavy atom. The number of ether oxygens (including phenoxy) is 3. The number of benzene rings is 1. The standard InChI is InChI=1S/C14H12N2O7/c1-7(17)21-12-4-10(11(20)6-16-15)5-13(22-8(2)18)14(12)23-9(3)19/h4-6H,1-3H3. The molecule has 0 saturated carbocycles. The van der Waals surface area contributed by atoms with Crippen LogP contribution in [0.2, 0.25) is 0 Å². The van der Waals surface area contributed by atoms with Crippen LogP contribution >= 0.6 is 0 Å². The van der Waals surface area contributed by atoms with Crippen molar-refractivity contribution in [3.8, 4) is 17.2 Å². The highest BCUT2D eigenvalue weighted by atomic mass is 16.6. The predicted molar refractivity (Wildman–Crippen MR) is 74.4 cm³/mol. The molecule has 0 amide bonds. The van der Waals surface area contributed by atoms with Gasteiger partial charge in [0.15, 0.2) is 11.5 Å². The molecule has 0 radical (unpaired) electrons. The molecule has 0 N–H and O–H groups in total. The van der Waals surface area contributed by atoms with Gasteiger partial charge in [-0.3, -0.25) is 19.2 Å². The summed E-state index contributed by atoms with van der Waals surface area (Å²) in [6.45, 7) is 3.27. The SMILES string of the molecule is CC(=O)Oc1cc(C(=O)C=[N+]=[N-])cc(OC(C)=O)c1OC(C)=O. The summed E-state index contributed by atoms with van der Waals surface area (Å²) >= 11 is 0. The second-order valence-electron chi connectivity index (χ2n) is 4.19. The summed E-state index contributed by atoms with van der Waals surface area (Å²) in [7, 11) is 0. The summed E-state index contributed by atoms with van der Waals surface area (Å²) in [6, 6.07) is 2.16. The third kappa shape index (κ3) is 5.18. The highest BCUT2D eigenvalue weighted by Crippen LogP contribution is 2.39. The van der Waals surface area contributed by atoms with E-state index in [1.807, 2.05) is 0 Å². The molecule has 9 nitrogen and oxygen atoms in total. The Balaban J connectivity index is 3.57. The molecule has 0 saturated heterocycles. The fourth-order valence-corrected chi connectivity index (χ4v) is 1.55. The van der Waals surface area contributed by atoms with Gasteiger partial charge in [-0.15, -0.1) is 0 Å². The van der Waals surface area contributed by atoms with E-state index in [0.717, 1.165) is 32.9 Å². The van der Waals surface area contributed by atoms with Crippen LogP contribution in [0.4, 0.5) is 0 Å². The normalized spacial score (nSPS) is 9.35. The van der Waals surface area contributed by atoms with E-state index in [4.69, 9.17) is 19.7 Å². The molecule has 0 aromatic heterocycles. The summed E-state index contributed by atoms with van der Waals surface area (Å²) in [6.07, 6.45) is 0.593. The molecular weight excluding hydrogens is 308 g/mol. The molecule has 120 valence electrons. The van der Waals surface area contributed by atoms with Gasteiger partial charge in [-0.2, -0.15) is 4.79 Å². The van der Waals surface area contributed by atoms with Crippen molar-refractivity contribution >= 4 is 29.9 Å². The molecule has 1 aromatic rings. The van der Waals surface area contributed by atoms with Crippen molar-refractivity contribution in [1.82, 2.24) is 0 Å². The Kier molecular flexibility index (Phi) is 5.88. The Morgan fingerprint density at radius 2 is 1.35 bits per heavy atom. The lowest BCUT2D eigenvalue weighted by molar-refractivity contribution is -0.135. The van der Waals surface area contributed by atoms with Crippen LogP contribution in [0.15, 0.2) is 12.1 Å². The summed E-state index contributed by atoms with van der Waals surface area (Å²) in [5, 5.41) is 0. The van der Waals surface area contributed by atoms with Gasteiger partial charge in [0, 0.05) is 26.3 Å². The minimum Gasteiger partial charge on any atom is -0.423 e. The molecule has 0 aliphatic heterocycles. The van der Waals surface area contributed by atoms with Crippen LogP contribution in [0.1, 0.15) is 31.1 Å². The molecule has 23 heavy (non-hydrogen) atoms. The van der Waals surface area contributed by atoms with Gasteiger partial charge in [-0.25, -0.2) is 0 Å². The van der Waals surface area contributed by atoms with Crippen molar-refractivity contribution in [2.75, 3.05) is 0 Å². The monoisotopic (exact) mass is 320 g/mol. The topological polar surface area (TPSA) is 132 Å². The Hall–Kier alpha value is -3.32. The van der Waals surface area contributed by atoms with Crippen LogP contribution in [0.3, 0.4) is 0 Å². The number of carbonyl (C=O) groups excluding carboxylic acids is 4. The molecular formula is C14H12N2O7. The molecule has 9 heteroatoms. The smallest absolute Gasteiger partial charge is 0.328 e. The summed E-state index contributed by atoms with van der Waals surface area (Å²) < 4.78 is 14.6. The fourth-order valence-electron chi connectivity index (χ4n) is 1.55. The summed E-state index contributed by atoms with van der Waals surface area (Å²) in [5.41, 5.74) is 8.29. The maximum atomic E-state index is 11.8. The number of Topliss-reactive ketones (excluding diaryl/α,β-unsaturated/α-hetero) is 1. The highest BCUT2D eigenvalue weighted by Gasteiger charge is 2.22. The van der Waals surface area contributed by atoms with Crippen molar-refractivity contribution < 1.29 is 38.2 Å². The maximum Gasteiger partial charge on any atom is 0.328 e. The van der Waals surface area contributed by atoms with Crippen molar-refractivity contribution in [1.29, 1.82) is 0 Å². The Morgan fingerprint density at radius 3 is 1.70 bits per heavy atom. The van der Waals surface area contributed by atoms with Crippen molar-refractivity contribution in [3.05, 3.63) is 23.2 Å². The minimum absolute atomic E-state index is 0.119. The van der Waals surface area contributed by atoms with Gasteiger partial charge < -0.3 is 19.7 Å². The lowest BCUT2D eigenvalue weighted by Gasteiger charge is -2.13. The number of hydrogen-bond acceptors (Lipinski definition) is 7. The van der Waals surface area contributed by atoms with Crippen molar-refractivity contribution in [2.45, 2.75) is 20.8 Å². The molecule has 0 bridgehead atoms. The predicted octanol–water partition coefficient (Wildman–Crippen LogP) is 0.946. The molecule has 1 rings (SSSR count). The van der Waals surface area contributed by atoms with E-state index in [2.05, 4.69) is 4.79 Å². The zero-order valence-corrected chi connectivity index (χ0v) is 12.5. The zero-order chi connectivity index (χ0) is 17.6. The summed E-state index contributed by atoms with van der Waals surface area (Å²) in [4.78, 5) is 47.9. The average Bonchev–Trinajstić information content (AvgIpc) is 2.40. The maximum absolute atomic E-state index is 11.8. The minimum atomic E-state index is -0.761. The molecule has 0 heterocycles. The Labute approximate surface area is 130 Å². The first-order valence-electron chi connectivity index (χ1n) is 6.19. The molecule has 0 spiro atoms. The first-order valence-corrected chi connectivity index (χ1v) is 6.19. The number of hydrogen-bond donors (Lipinski definition) is 0. The zero-order valence-electron chi connectivity index (χ0n) is 12.5. The first-order chi connectivity index (χ1) is 10.7. The van der Waals surface area contributed by atoms with Crippen LogP contribution in [-0.2, 0) is 14.4 Å². The fraction of sp³-hybridized carbons (Fsp3) is 0.214. The van der Waals surface area contributed by atoms with Crippen LogP contribution in [0.25, 0.3) is 5.53 Å². The first kappa shape index (κ1) is 17.7. The number of ketones is 1. The third-order valence-electron chi connectivity index (χ3n) is 2.23. The van der Waals surface area contributed by atoms with Gasteiger partial charge in [-0.1, -0.05) is 0 Å². The van der Waals surface area contributed by atoms with Crippen LogP contribution in [0, 0.1) is 0 Å². The van der Waals surface area contributed by atoms with E-state index in [1.165, 1.54) is 0 Å². The van der Waals surface area contributed by atoms with Gasteiger partial charge in [-0.05, 0) is 12.1 Å². The average molecular weight is 320 g/mol. The second-order valence-corrected chi connectivity index (χ2v) is 4.19. The lowest BCUT2D eigenvalue weighted by Crippen LogP contribution is -2.12. The molecule has 0 aliphatic carbocycles. The van der Waals surface area contributed by atoms with Gasteiger partial charge in [0.25, 0.3) is 5.78 Å². The van der Waals surface area contributed by atoms with Crippen LogP contribution in [0.5, 0.6) is 17.2 Å². The third-order valence-corrected chi connectivity index (χ3v) is 2.23. The van der Waals surface area contributed by atoms with E-state index in [9.17, 15) is 19.2 Å². The van der Waals surface area contributed by atoms with E-state index in [1.54, 1.807) is 0 Å². The van der Waals surface area contributed by atoms with E-state index >= 15 is 0 Å². The van der Waals surface area contributed by atoms with Crippen molar-refractivity contribution in [2.24, 2.45) is 0 Å². The number of esters is 3. The van der Waals surface area contributed by atoms with Gasteiger partial charge in [0.2, 0.25) is 5.75 Å². The molecule has 1 aromatic carbocycles. The van der Waals surface area contributed by atoms with E-state index < -0.39 is 23.7 Å². The number of carbonyl (C=O) groups is 4. The molecule has 0 aliphatic rings. The van der Waals surface area contributed by atoms with Crippen LogP contribution < -0.4 is 14.2 Å². The number of rotatable bonds is 5. The quantitative estimate of drug-likeness (QED) is 0.197. The molecule has 0 atom stereocenters. The molecule has 0 unspecified atom stereocenters. The molecule has 0 fully saturated rings. The van der Waals surface area contributed by atoms with E-state index in [0.29, 0.717) is 6.21 Å². The summed E-state index contributed by atoms with van der Waals surface area (Å²) in [5.74, 6) is -3.98. The van der Waals surface area contributed by atoms with Crippen molar-refractivity contribution in [3.63, 3.8) is 0 Å². The van der Waals surface area contributed by atoms with Crippen LogP contribution in [-0.4, -0.2) is 34.7 Å². The highest BCUT2D eigenvalue weighted by molar-refractivity contribution is 6.33. The van der Waals surface area contributed by atoms with Gasteiger partial charge in [0.05, 0.1) is 0 Å². The Bertz CT molecular complexity index is 696. The number of nitrogens with zero attached hydrogens (tertiary/aromatic N) is 2. The largest absolute Gasteiger partial charge is 0.423 e. The lowest BCUT2D eigenvalue weighted by atomic mass is 10.1. The van der Waals surface area contributed by atoms with Gasteiger partial charge in [0.1, 0.15) is 0 Å². The van der Waals surface area contributed by atoms with E-state index in [-0.39, 0.29) is 22.8 Å². The van der Waals surface area contributed by atoms with Gasteiger partial charge >= 0.3 is 24.1 Å². The second kappa shape index (κ2) is 7.62.